The van der Waals surface area contributed by atoms with Crippen LogP contribution in [-0.4, -0.2) is 16.1 Å². The molecule has 0 aliphatic heterocycles. The largest absolute Gasteiger partial charge is 0.455 e. The molecule has 0 saturated carbocycles. The minimum atomic E-state index is -0.333. The van der Waals surface area contributed by atoms with Crippen molar-refractivity contribution in [3.63, 3.8) is 0 Å². The Morgan fingerprint density at radius 3 is 2.62 bits per heavy atom. The molecule has 7 heteroatoms. The second kappa shape index (κ2) is 5.59. The number of furan rings is 1. The summed E-state index contributed by atoms with van der Waals surface area (Å²) in [4.78, 5) is 12.0. The summed E-state index contributed by atoms with van der Waals surface area (Å²) < 4.78 is 10.4. The maximum absolute atomic E-state index is 12.0. The van der Waals surface area contributed by atoms with Gasteiger partial charge in [0.15, 0.2) is 5.76 Å². The fourth-order valence-electron chi connectivity index (χ4n) is 1.80. The van der Waals surface area contributed by atoms with Gasteiger partial charge in [-0.2, -0.15) is 0 Å². The van der Waals surface area contributed by atoms with E-state index in [0.717, 1.165) is 5.56 Å². The molecule has 106 valence electrons. The lowest BCUT2D eigenvalue weighted by Gasteiger charge is -2.03. The van der Waals surface area contributed by atoms with Crippen LogP contribution in [-0.2, 0) is 6.54 Å². The van der Waals surface area contributed by atoms with Crippen molar-refractivity contribution in [2.45, 2.75) is 6.54 Å². The van der Waals surface area contributed by atoms with Crippen molar-refractivity contribution in [3.8, 4) is 11.5 Å². The number of benzene rings is 1. The van der Waals surface area contributed by atoms with E-state index >= 15 is 0 Å². The molecule has 1 aromatic carbocycles. The zero-order valence-electron chi connectivity index (χ0n) is 10.9. The van der Waals surface area contributed by atoms with Gasteiger partial charge in [-0.25, -0.2) is 0 Å². The van der Waals surface area contributed by atoms with Crippen LogP contribution >= 0.6 is 0 Å². The van der Waals surface area contributed by atoms with Crippen molar-refractivity contribution in [2.24, 2.45) is 5.73 Å². The van der Waals surface area contributed by atoms with E-state index in [4.69, 9.17) is 14.6 Å². The molecular weight excluding hydrogens is 272 g/mol. The number of anilines is 1. The van der Waals surface area contributed by atoms with Crippen molar-refractivity contribution in [3.05, 3.63) is 54.3 Å². The van der Waals surface area contributed by atoms with Crippen LogP contribution in [0, 0.1) is 0 Å². The highest BCUT2D eigenvalue weighted by atomic mass is 16.4. The fourth-order valence-corrected chi connectivity index (χ4v) is 1.80. The molecule has 0 spiro atoms. The van der Waals surface area contributed by atoms with Crippen LogP contribution in [0.4, 0.5) is 5.69 Å². The third kappa shape index (κ3) is 2.82. The summed E-state index contributed by atoms with van der Waals surface area (Å²) in [5, 5.41) is 10.1. The molecule has 2 aromatic heterocycles. The first-order valence-corrected chi connectivity index (χ1v) is 6.23. The molecule has 0 radical (unpaired) electrons. The van der Waals surface area contributed by atoms with Crippen molar-refractivity contribution in [1.29, 1.82) is 0 Å². The number of aromatic nitrogens is 2. The number of nitrogens with one attached hydrogen (secondary N) is 1. The molecule has 2 heterocycles. The lowest BCUT2D eigenvalue weighted by Crippen LogP contribution is -2.10. The Hall–Kier alpha value is -2.93. The highest BCUT2D eigenvalue weighted by Crippen LogP contribution is 2.19. The smallest absolute Gasteiger partial charge is 0.291 e. The molecular formula is C14H12N4O3. The predicted molar refractivity (Wildman–Crippen MR) is 74.3 cm³/mol. The molecule has 0 aliphatic carbocycles. The van der Waals surface area contributed by atoms with E-state index in [-0.39, 0.29) is 18.2 Å². The van der Waals surface area contributed by atoms with E-state index in [9.17, 15) is 4.79 Å². The highest BCUT2D eigenvalue weighted by Gasteiger charge is 2.11. The highest BCUT2D eigenvalue weighted by molar-refractivity contribution is 6.02. The van der Waals surface area contributed by atoms with E-state index < -0.39 is 0 Å². The van der Waals surface area contributed by atoms with Gasteiger partial charge < -0.3 is 19.9 Å². The third-order valence-corrected chi connectivity index (χ3v) is 2.84. The molecule has 21 heavy (non-hydrogen) atoms. The first-order chi connectivity index (χ1) is 10.3. The van der Waals surface area contributed by atoms with Gasteiger partial charge in [0.1, 0.15) is 5.76 Å². The average molecular weight is 284 g/mol. The first-order valence-electron chi connectivity index (χ1n) is 6.23. The number of carbonyl (C=O) groups excluding carboxylic acids is 1. The summed E-state index contributed by atoms with van der Waals surface area (Å²) in [5.74, 6) is 0.870. The number of nitrogens with two attached hydrogens (primary N) is 1. The van der Waals surface area contributed by atoms with E-state index in [1.165, 1.54) is 6.39 Å². The van der Waals surface area contributed by atoms with Crippen LogP contribution in [0.2, 0.25) is 0 Å². The summed E-state index contributed by atoms with van der Waals surface area (Å²) >= 11 is 0. The van der Waals surface area contributed by atoms with Gasteiger partial charge in [0, 0.05) is 11.3 Å². The molecule has 0 atom stereocenters. The summed E-state index contributed by atoms with van der Waals surface area (Å²) in [6.07, 6.45) is 1.26. The van der Waals surface area contributed by atoms with E-state index in [1.807, 2.05) is 0 Å². The number of rotatable bonds is 4. The Labute approximate surface area is 119 Å². The van der Waals surface area contributed by atoms with Crippen molar-refractivity contribution in [2.75, 3.05) is 5.32 Å². The van der Waals surface area contributed by atoms with Crippen LogP contribution in [0.3, 0.4) is 0 Å². The second-order valence-electron chi connectivity index (χ2n) is 4.25. The standard InChI is InChI=1S/C14H12N4O3/c15-7-11-5-6-12(21-11)13(19)17-10-3-1-9(2-4-10)14-18-16-8-20-14/h1-6,8H,7,15H2,(H,17,19). The van der Waals surface area contributed by atoms with Crippen LogP contribution < -0.4 is 11.1 Å². The predicted octanol–water partition coefficient (Wildman–Crippen LogP) is 2.04. The van der Waals surface area contributed by atoms with Crippen LogP contribution in [0.1, 0.15) is 16.3 Å². The van der Waals surface area contributed by atoms with Crippen molar-refractivity contribution >= 4 is 11.6 Å². The Bertz CT molecular complexity index is 732. The molecule has 0 fully saturated rings. The molecule has 0 saturated heterocycles. The Balaban J connectivity index is 1.71. The Kier molecular flexibility index (Phi) is 3.48. The van der Waals surface area contributed by atoms with E-state index in [2.05, 4.69) is 15.5 Å². The molecule has 0 aliphatic rings. The Morgan fingerprint density at radius 2 is 2.00 bits per heavy atom. The minimum Gasteiger partial charge on any atom is -0.455 e. The fraction of sp³-hybridized carbons (Fsp3) is 0.0714. The monoisotopic (exact) mass is 284 g/mol. The number of hydrogen-bond acceptors (Lipinski definition) is 6. The summed E-state index contributed by atoms with van der Waals surface area (Å²) in [6.45, 7) is 0.256. The molecule has 3 aromatic rings. The zero-order valence-corrected chi connectivity index (χ0v) is 10.9. The molecule has 0 bridgehead atoms. The van der Waals surface area contributed by atoms with Gasteiger partial charge in [-0.3, -0.25) is 4.79 Å². The van der Waals surface area contributed by atoms with Gasteiger partial charge in [0.2, 0.25) is 12.3 Å². The topological polar surface area (TPSA) is 107 Å². The molecule has 7 nitrogen and oxygen atoms in total. The second-order valence-corrected chi connectivity index (χ2v) is 4.25. The molecule has 1 amide bonds. The number of amides is 1. The van der Waals surface area contributed by atoms with Gasteiger partial charge in [-0.1, -0.05) is 0 Å². The van der Waals surface area contributed by atoms with Gasteiger partial charge in [0.05, 0.1) is 6.54 Å². The van der Waals surface area contributed by atoms with Crippen molar-refractivity contribution in [1.82, 2.24) is 10.2 Å². The third-order valence-electron chi connectivity index (χ3n) is 2.84. The maximum atomic E-state index is 12.0. The number of nitrogens with zero attached hydrogens (tertiary/aromatic N) is 2. The quantitative estimate of drug-likeness (QED) is 0.759. The van der Waals surface area contributed by atoms with Crippen LogP contribution in [0.25, 0.3) is 11.5 Å². The zero-order chi connectivity index (χ0) is 14.7. The molecule has 0 unspecified atom stereocenters. The SMILES string of the molecule is NCc1ccc(C(=O)Nc2ccc(-c3nnco3)cc2)o1. The van der Waals surface area contributed by atoms with E-state index in [0.29, 0.717) is 17.3 Å². The molecule has 3 N–H and O–H groups in total. The van der Waals surface area contributed by atoms with Crippen LogP contribution in [0.15, 0.2) is 51.6 Å². The Morgan fingerprint density at radius 1 is 1.19 bits per heavy atom. The van der Waals surface area contributed by atoms with Crippen molar-refractivity contribution < 1.29 is 13.6 Å². The number of hydrogen-bond donors (Lipinski definition) is 2. The number of carbonyl (C=O) groups is 1. The average Bonchev–Trinajstić information content (AvgIpc) is 3.19. The minimum absolute atomic E-state index is 0.219. The van der Waals surface area contributed by atoms with E-state index in [1.54, 1.807) is 36.4 Å². The lowest BCUT2D eigenvalue weighted by molar-refractivity contribution is 0.0995. The summed E-state index contributed by atoms with van der Waals surface area (Å²) in [7, 11) is 0. The maximum Gasteiger partial charge on any atom is 0.291 e. The first kappa shape index (κ1) is 13.1. The van der Waals surface area contributed by atoms with Gasteiger partial charge in [-0.15, -0.1) is 10.2 Å². The lowest BCUT2D eigenvalue weighted by atomic mass is 10.2. The normalized spacial score (nSPS) is 10.5. The van der Waals surface area contributed by atoms with Gasteiger partial charge >= 0.3 is 0 Å². The van der Waals surface area contributed by atoms with Gasteiger partial charge in [0.25, 0.3) is 5.91 Å². The summed E-state index contributed by atoms with van der Waals surface area (Å²) in [5.41, 5.74) is 6.84. The van der Waals surface area contributed by atoms with Crippen LogP contribution in [0.5, 0.6) is 0 Å². The summed E-state index contributed by atoms with van der Waals surface area (Å²) in [6, 6.07) is 10.3. The molecule has 3 rings (SSSR count). The van der Waals surface area contributed by atoms with Gasteiger partial charge in [-0.05, 0) is 36.4 Å².